The van der Waals surface area contributed by atoms with Crippen LogP contribution >= 0.6 is 0 Å². The normalized spacial score (nSPS) is 15.2. The molecule has 1 aromatic carbocycles. The lowest BCUT2D eigenvalue weighted by molar-refractivity contribution is -0.122. The van der Waals surface area contributed by atoms with Gasteiger partial charge in [-0.3, -0.25) is 4.79 Å². The molecule has 1 aliphatic heterocycles. The van der Waals surface area contributed by atoms with E-state index >= 15 is 0 Å². The molecule has 0 saturated carbocycles. The van der Waals surface area contributed by atoms with E-state index in [2.05, 4.69) is 10.8 Å². The van der Waals surface area contributed by atoms with Crippen LogP contribution in [-0.4, -0.2) is 28.8 Å². The summed E-state index contributed by atoms with van der Waals surface area (Å²) in [5, 5.41) is 22.3. The number of amides is 1. The lowest BCUT2D eigenvalue weighted by Gasteiger charge is -2.13. The molecule has 0 bridgehead atoms. The monoisotopic (exact) mass is 264 g/mol. The summed E-state index contributed by atoms with van der Waals surface area (Å²) in [6.07, 6.45) is 2.45. The highest BCUT2D eigenvalue weighted by molar-refractivity contribution is 5.92. The maximum absolute atomic E-state index is 11.2. The standard InChI is InChI=1S/C13H16N2O4/c1-8(16)6-14-7-10-3-2-9-4-5-11(17)15-19-13(9)12(10)18/h2-5,8,14,16,18H,6-7H2,1H3,(H,15,17). The Morgan fingerprint density at radius 3 is 2.95 bits per heavy atom. The summed E-state index contributed by atoms with van der Waals surface area (Å²) in [5.41, 5.74) is 3.45. The van der Waals surface area contributed by atoms with Crippen LogP contribution in [0.4, 0.5) is 0 Å². The van der Waals surface area contributed by atoms with E-state index in [0.717, 1.165) is 0 Å². The maximum atomic E-state index is 11.2. The van der Waals surface area contributed by atoms with Crippen molar-refractivity contribution < 1.29 is 19.8 Å². The number of hydroxylamine groups is 1. The Bertz CT molecular complexity index is 512. The highest BCUT2D eigenvalue weighted by Crippen LogP contribution is 2.35. The Hall–Kier alpha value is -2.05. The van der Waals surface area contributed by atoms with Gasteiger partial charge in [0.1, 0.15) is 0 Å². The third kappa shape index (κ3) is 3.24. The second-order valence-corrected chi connectivity index (χ2v) is 4.37. The number of fused-ring (bicyclic) bond motifs is 1. The SMILES string of the molecule is CC(O)CNCc1ccc2c(c1O)ONC(=O)C=C2. The number of aliphatic hydroxyl groups excluding tert-OH is 1. The largest absolute Gasteiger partial charge is 0.504 e. The molecule has 19 heavy (non-hydrogen) atoms. The Morgan fingerprint density at radius 1 is 1.42 bits per heavy atom. The zero-order valence-electron chi connectivity index (χ0n) is 10.5. The molecule has 1 heterocycles. The van der Waals surface area contributed by atoms with Crippen molar-refractivity contribution in [2.24, 2.45) is 0 Å². The molecule has 0 fully saturated rings. The quantitative estimate of drug-likeness (QED) is 0.628. The molecule has 0 saturated heterocycles. The van der Waals surface area contributed by atoms with Crippen molar-refractivity contribution in [1.29, 1.82) is 0 Å². The molecular formula is C13H16N2O4. The first-order valence-corrected chi connectivity index (χ1v) is 5.96. The van der Waals surface area contributed by atoms with Gasteiger partial charge in [0, 0.05) is 30.3 Å². The van der Waals surface area contributed by atoms with E-state index in [0.29, 0.717) is 24.2 Å². The van der Waals surface area contributed by atoms with Gasteiger partial charge < -0.3 is 20.4 Å². The van der Waals surface area contributed by atoms with Crippen molar-refractivity contribution in [3.05, 3.63) is 29.3 Å². The van der Waals surface area contributed by atoms with Crippen LogP contribution < -0.4 is 15.6 Å². The molecule has 0 aliphatic carbocycles. The molecule has 4 N–H and O–H groups in total. The molecule has 1 unspecified atom stereocenters. The Morgan fingerprint density at radius 2 is 2.21 bits per heavy atom. The van der Waals surface area contributed by atoms with Gasteiger partial charge in [-0.2, -0.15) is 5.48 Å². The Kier molecular flexibility index (Phi) is 4.03. The average molecular weight is 264 g/mol. The Labute approximate surface area is 110 Å². The number of nitrogens with one attached hydrogen (secondary N) is 2. The van der Waals surface area contributed by atoms with Crippen molar-refractivity contribution in [1.82, 2.24) is 10.8 Å². The van der Waals surface area contributed by atoms with E-state index in [1.54, 1.807) is 25.1 Å². The van der Waals surface area contributed by atoms with E-state index in [4.69, 9.17) is 9.94 Å². The second-order valence-electron chi connectivity index (χ2n) is 4.37. The molecule has 102 valence electrons. The number of benzene rings is 1. The third-order valence-corrected chi connectivity index (χ3v) is 2.67. The Balaban J connectivity index is 2.17. The molecule has 2 rings (SSSR count). The summed E-state index contributed by atoms with van der Waals surface area (Å²) in [6.45, 7) is 2.49. The van der Waals surface area contributed by atoms with E-state index < -0.39 is 6.10 Å². The fourth-order valence-electron chi connectivity index (χ4n) is 1.73. The minimum Gasteiger partial charge on any atom is -0.504 e. The summed E-state index contributed by atoms with van der Waals surface area (Å²) in [4.78, 5) is 16.2. The van der Waals surface area contributed by atoms with Gasteiger partial charge in [-0.05, 0) is 13.0 Å². The molecule has 6 heteroatoms. The fraction of sp³-hybridized carbons (Fsp3) is 0.308. The van der Waals surface area contributed by atoms with Crippen molar-refractivity contribution in [3.63, 3.8) is 0 Å². The number of carbonyl (C=O) groups is 1. The summed E-state index contributed by atoms with van der Waals surface area (Å²) in [6, 6.07) is 3.50. The minimum absolute atomic E-state index is 0.0255. The molecular weight excluding hydrogens is 248 g/mol. The molecule has 0 radical (unpaired) electrons. The molecule has 1 amide bonds. The summed E-state index contributed by atoms with van der Waals surface area (Å²) >= 11 is 0. The van der Waals surface area contributed by atoms with Gasteiger partial charge in [0.05, 0.1) is 6.10 Å². The van der Waals surface area contributed by atoms with Crippen molar-refractivity contribution in [3.8, 4) is 11.5 Å². The molecule has 0 aromatic heterocycles. The van der Waals surface area contributed by atoms with E-state index in [1.165, 1.54) is 6.08 Å². The van der Waals surface area contributed by atoms with Crippen molar-refractivity contribution in [2.45, 2.75) is 19.6 Å². The predicted molar refractivity (Wildman–Crippen MR) is 69.3 cm³/mol. The number of hydrogen-bond donors (Lipinski definition) is 4. The number of phenols is 1. The smallest absolute Gasteiger partial charge is 0.276 e. The first-order chi connectivity index (χ1) is 9.08. The second kappa shape index (κ2) is 5.73. The first-order valence-electron chi connectivity index (χ1n) is 5.96. The highest BCUT2D eigenvalue weighted by Gasteiger charge is 2.16. The first kappa shape index (κ1) is 13.4. The van der Waals surface area contributed by atoms with Gasteiger partial charge in [0.15, 0.2) is 5.75 Å². The number of carbonyl (C=O) groups excluding carboxylic acids is 1. The summed E-state index contributed by atoms with van der Waals surface area (Å²) < 4.78 is 0. The van der Waals surface area contributed by atoms with Crippen LogP contribution in [0.3, 0.4) is 0 Å². The van der Waals surface area contributed by atoms with Gasteiger partial charge in [-0.25, -0.2) is 0 Å². The van der Waals surface area contributed by atoms with Crippen LogP contribution in [0.15, 0.2) is 18.2 Å². The van der Waals surface area contributed by atoms with Crippen LogP contribution in [0, 0.1) is 0 Å². The summed E-state index contributed by atoms with van der Waals surface area (Å²) in [5.74, 6) is -0.190. The molecule has 1 atom stereocenters. The van der Waals surface area contributed by atoms with Crippen LogP contribution in [-0.2, 0) is 11.3 Å². The predicted octanol–water partition coefficient (Wildman–Crippen LogP) is 0.299. The van der Waals surface area contributed by atoms with Crippen molar-refractivity contribution >= 4 is 12.0 Å². The van der Waals surface area contributed by atoms with Gasteiger partial charge in [-0.1, -0.05) is 12.1 Å². The fourth-order valence-corrected chi connectivity index (χ4v) is 1.73. The van der Waals surface area contributed by atoms with E-state index in [9.17, 15) is 9.90 Å². The maximum Gasteiger partial charge on any atom is 0.276 e. The average Bonchev–Trinajstić information content (AvgIpc) is 2.55. The molecule has 6 nitrogen and oxygen atoms in total. The molecule has 0 spiro atoms. The van der Waals surface area contributed by atoms with Crippen LogP contribution in [0.25, 0.3) is 6.08 Å². The van der Waals surface area contributed by atoms with Gasteiger partial charge in [0.2, 0.25) is 5.75 Å². The molecule has 1 aliphatic rings. The van der Waals surface area contributed by atoms with E-state index in [-0.39, 0.29) is 17.4 Å². The number of aromatic hydroxyl groups is 1. The number of hydrogen-bond acceptors (Lipinski definition) is 5. The third-order valence-electron chi connectivity index (χ3n) is 2.67. The molecule has 1 aromatic rings. The van der Waals surface area contributed by atoms with Crippen LogP contribution in [0.5, 0.6) is 11.5 Å². The lowest BCUT2D eigenvalue weighted by Crippen LogP contribution is -2.25. The van der Waals surface area contributed by atoms with Gasteiger partial charge in [0.25, 0.3) is 5.91 Å². The van der Waals surface area contributed by atoms with Gasteiger partial charge >= 0.3 is 0 Å². The van der Waals surface area contributed by atoms with Crippen LogP contribution in [0.2, 0.25) is 0 Å². The van der Waals surface area contributed by atoms with Gasteiger partial charge in [-0.15, -0.1) is 0 Å². The number of aliphatic hydroxyl groups is 1. The number of phenolic OH excluding ortho intramolecular Hbond substituents is 1. The lowest BCUT2D eigenvalue weighted by atomic mass is 10.1. The zero-order chi connectivity index (χ0) is 13.8. The van der Waals surface area contributed by atoms with Crippen LogP contribution in [0.1, 0.15) is 18.1 Å². The van der Waals surface area contributed by atoms with Crippen molar-refractivity contribution in [2.75, 3.05) is 6.54 Å². The van der Waals surface area contributed by atoms with E-state index in [1.807, 2.05) is 0 Å². The highest BCUT2D eigenvalue weighted by atomic mass is 16.7. The zero-order valence-corrected chi connectivity index (χ0v) is 10.5. The summed E-state index contributed by atoms with van der Waals surface area (Å²) in [7, 11) is 0. The minimum atomic E-state index is -0.457. The topological polar surface area (TPSA) is 90.8 Å². The number of rotatable bonds is 4.